The Bertz CT molecular complexity index is 557. The van der Waals surface area contributed by atoms with Gasteiger partial charge in [-0.15, -0.1) is 0 Å². The highest BCUT2D eigenvalue weighted by Crippen LogP contribution is 2.20. The summed E-state index contributed by atoms with van der Waals surface area (Å²) in [5.74, 6) is -0.172. The van der Waals surface area contributed by atoms with Crippen molar-refractivity contribution in [2.75, 3.05) is 33.4 Å². The van der Waals surface area contributed by atoms with Crippen LogP contribution in [0, 0.1) is 0 Å². The van der Waals surface area contributed by atoms with E-state index in [0.29, 0.717) is 44.6 Å². The van der Waals surface area contributed by atoms with E-state index in [1.165, 1.54) is 6.07 Å². The summed E-state index contributed by atoms with van der Waals surface area (Å²) in [4.78, 5) is 25.9. The quantitative estimate of drug-likeness (QED) is 0.684. The van der Waals surface area contributed by atoms with Gasteiger partial charge in [0.15, 0.2) is 0 Å². The summed E-state index contributed by atoms with van der Waals surface area (Å²) >= 11 is 0. The number of phenolic OH excluding ortho intramolecular Hbond substituents is 1. The lowest BCUT2D eigenvalue weighted by Crippen LogP contribution is -2.49. The van der Waals surface area contributed by atoms with Gasteiger partial charge in [0.25, 0.3) is 5.91 Å². The Labute approximate surface area is 142 Å². The minimum absolute atomic E-state index is 0.00168. The summed E-state index contributed by atoms with van der Waals surface area (Å²) in [6, 6.07) is 6.42. The van der Waals surface area contributed by atoms with Crippen molar-refractivity contribution in [2.24, 2.45) is 0 Å². The van der Waals surface area contributed by atoms with Crippen LogP contribution in [0.25, 0.3) is 0 Å². The predicted molar refractivity (Wildman–Crippen MR) is 90.1 cm³/mol. The normalized spacial score (nSPS) is 15.1. The average Bonchev–Trinajstić information content (AvgIpc) is 2.59. The molecule has 0 atom stereocenters. The largest absolute Gasteiger partial charge is 0.507 e. The molecule has 0 saturated carbocycles. The fourth-order valence-electron chi connectivity index (χ4n) is 2.71. The third-order valence-electron chi connectivity index (χ3n) is 4.06. The Morgan fingerprint density at radius 3 is 2.67 bits per heavy atom. The second-order valence-electron chi connectivity index (χ2n) is 5.83. The lowest BCUT2D eigenvalue weighted by atomic mass is 10.0. The summed E-state index contributed by atoms with van der Waals surface area (Å²) < 4.78 is 4.93. The van der Waals surface area contributed by atoms with Crippen molar-refractivity contribution < 1.29 is 19.4 Å². The van der Waals surface area contributed by atoms with Gasteiger partial charge in [0.05, 0.1) is 5.56 Å². The van der Waals surface area contributed by atoms with Gasteiger partial charge < -0.3 is 25.4 Å². The first-order valence-corrected chi connectivity index (χ1v) is 8.22. The van der Waals surface area contributed by atoms with Crippen LogP contribution in [0.4, 0.5) is 4.79 Å². The molecule has 0 bridgehead atoms. The molecule has 1 aliphatic heterocycles. The molecule has 1 aliphatic rings. The fraction of sp³-hybridized carbons (Fsp3) is 0.529. The number of amides is 3. The van der Waals surface area contributed by atoms with Gasteiger partial charge in [0.1, 0.15) is 5.75 Å². The molecule has 2 rings (SSSR count). The maximum absolute atomic E-state index is 12.4. The molecule has 0 spiro atoms. The molecule has 0 unspecified atom stereocenters. The number of nitrogens with zero attached hydrogens (tertiary/aromatic N) is 1. The standard InChI is InChI=1S/C17H25N3O4/c1-24-12-4-9-18-17(23)19-13-7-10-20(11-8-13)16(22)14-5-2-3-6-15(14)21/h2-3,5-6,13,21H,4,7-12H2,1H3,(H2,18,19,23). The number of nitrogens with one attached hydrogen (secondary N) is 2. The SMILES string of the molecule is COCCCNC(=O)NC1CCN(C(=O)c2ccccc2O)CC1. The number of carbonyl (C=O) groups excluding carboxylic acids is 2. The molecule has 1 fully saturated rings. The minimum Gasteiger partial charge on any atom is -0.507 e. The third kappa shape index (κ3) is 5.13. The van der Waals surface area contributed by atoms with Gasteiger partial charge in [-0.05, 0) is 31.4 Å². The van der Waals surface area contributed by atoms with Gasteiger partial charge >= 0.3 is 6.03 Å². The van der Waals surface area contributed by atoms with E-state index in [4.69, 9.17) is 4.74 Å². The molecule has 7 nitrogen and oxygen atoms in total. The second kappa shape index (κ2) is 9.12. The van der Waals surface area contributed by atoms with Gasteiger partial charge in [-0.25, -0.2) is 4.79 Å². The van der Waals surface area contributed by atoms with Crippen LogP contribution in [0.15, 0.2) is 24.3 Å². The number of methoxy groups -OCH3 is 1. The Balaban J connectivity index is 1.74. The highest BCUT2D eigenvalue weighted by Gasteiger charge is 2.25. The Morgan fingerprint density at radius 2 is 2.00 bits per heavy atom. The lowest BCUT2D eigenvalue weighted by molar-refractivity contribution is 0.0705. The van der Waals surface area contributed by atoms with E-state index in [1.807, 2.05) is 0 Å². The number of aromatic hydroxyl groups is 1. The number of urea groups is 1. The molecule has 7 heteroatoms. The topological polar surface area (TPSA) is 90.9 Å². The number of hydrogen-bond donors (Lipinski definition) is 3. The van der Waals surface area contributed by atoms with Crippen LogP contribution >= 0.6 is 0 Å². The molecular weight excluding hydrogens is 310 g/mol. The van der Waals surface area contributed by atoms with Crippen molar-refractivity contribution in [2.45, 2.75) is 25.3 Å². The number of phenols is 1. The maximum atomic E-state index is 12.4. The smallest absolute Gasteiger partial charge is 0.315 e. The van der Waals surface area contributed by atoms with Gasteiger partial charge in [0.2, 0.25) is 0 Å². The second-order valence-corrected chi connectivity index (χ2v) is 5.83. The van der Waals surface area contributed by atoms with Crippen LogP contribution in [0.1, 0.15) is 29.6 Å². The van der Waals surface area contributed by atoms with Crippen LogP contribution in [0.3, 0.4) is 0 Å². The molecule has 0 aromatic heterocycles. The van der Waals surface area contributed by atoms with E-state index in [1.54, 1.807) is 30.2 Å². The summed E-state index contributed by atoms with van der Waals surface area (Å²) in [7, 11) is 1.63. The Morgan fingerprint density at radius 1 is 1.29 bits per heavy atom. The highest BCUT2D eigenvalue weighted by atomic mass is 16.5. The monoisotopic (exact) mass is 335 g/mol. The number of benzene rings is 1. The number of para-hydroxylation sites is 1. The zero-order valence-corrected chi connectivity index (χ0v) is 14.0. The number of piperidine rings is 1. The van der Waals surface area contributed by atoms with Crippen LogP contribution in [-0.4, -0.2) is 61.3 Å². The predicted octanol–water partition coefficient (Wildman–Crippen LogP) is 1.33. The van der Waals surface area contributed by atoms with E-state index in [0.717, 1.165) is 6.42 Å². The molecule has 0 radical (unpaired) electrons. The van der Waals surface area contributed by atoms with E-state index in [-0.39, 0.29) is 23.7 Å². The number of ether oxygens (including phenoxy) is 1. The van der Waals surface area contributed by atoms with Crippen molar-refractivity contribution in [3.63, 3.8) is 0 Å². The van der Waals surface area contributed by atoms with E-state index < -0.39 is 0 Å². The number of likely N-dealkylation sites (tertiary alicyclic amines) is 1. The average molecular weight is 335 g/mol. The first-order valence-electron chi connectivity index (χ1n) is 8.22. The molecule has 3 N–H and O–H groups in total. The molecule has 24 heavy (non-hydrogen) atoms. The number of carbonyl (C=O) groups is 2. The number of hydrogen-bond acceptors (Lipinski definition) is 4. The molecular formula is C17H25N3O4. The lowest BCUT2D eigenvalue weighted by Gasteiger charge is -2.32. The third-order valence-corrected chi connectivity index (χ3v) is 4.06. The zero-order valence-electron chi connectivity index (χ0n) is 14.0. The zero-order chi connectivity index (χ0) is 17.4. The van der Waals surface area contributed by atoms with Crippen molar-refractivity contribution in [3.8, 4) is 5.75 Å². The van der Waals surface area contributed by atoms with E-state index in [2.05, 4.69) is 10.6 Å². The van der Waals surface area contributed by atoms with Crippen molar-refractivity contribution in [1.82, 2.24) is 15.5 Å². The summed E-state index contributed by atoms with van der Waals surface area (Å²) in [6.07, 6.45) is 2.17. The Kier molecular flexibility index (Phi) is 6.87. The maximum Gasteiger partial charge on any atom is 0.315 e. The summed E-state index contributed by atoms with van der Waals surface area (Å²) in [6.45, 7) is 2.31. The van der Waals surface area contributed by atoms with Gasteiger partial charge in [0, 0.05) is 39.4 Å². The van der Waals surface area contributed by atoms with Gasteiger partial charge in [-0.3, -0.25) is 4.79 Å². The summed E-state index contributed by atoms with van der Waals surface area (Å²) in [5.41, 5.74) is 0.319. The number of rotatable bonds is 6. The highest BCUT2D eigenvalue weighted by molar-refractivity contribution is 5.96. The molecule has 1 aromatic rings. The first kappa shape index (κ1) is 18.1. The van der Waals surface area contributed by atoms with Crippen LogP contribution in [0.5, 0.6) is 5.75 Å². The van der Waals surface area contributed by atoms with Gasteiger partial charge in [-0.1, -0.05) is 12.1 Å². The molecule has 132 valence electrons. The van der Waals surface area contributed by atoms with Gasteiger partial charge in [-0.2, -0.15) is 0 Å². The first-order chi connectivity index (χ1) is 11.6. The molecule has 1 saturated heterocycles. The Hall–Kier alpha value is -2.28. The van der Waals surface area contributed by atoms with E-state index in [9.17, 15) is 14.7 Å². The minimum atomic E-state index is -0.184. The molecule has 1 aromatic carbocycles. The van der Waals surface area contributed by atoms with Crippen molar-refractivity contribution in [3.05, 3.63) is 29.8 Å². The fourth-order valence-corrected chi connectivity index (χ4v) is 2.71. The molecule has 3 amide bonds. The molecule has 1 heterocycles. The summed E-state index contributed by atoms with van der Waals surface area (Å²) in [5, 5.41) is 15.5. The van der Waals surface area contributed by atoms with Crippen LogP contribution in [0.2, 0.25) is 0 Å². The van der Waals surface area contributed by atoms with E-state index >= 15 is 0 Å². The molecule has 0 aliphatic carbocycles. The van der Waals surface area contributed by atoms with Crippen LogP contribution < -0.4 is 10.6 Å². The van der Waals surface area contributed by atoms with Crippen molar-refractivity contribution in [1.29, 1.82) is 0 Å². The van der Waals surface area contributed by atoms with Crippen molar-refractivity contribution >= 4 is 11.9 Å². The van der Waals surface area contributed by atoms with Crippen LogP contribution in [-0.2, 0) is 4.74 Å².